The molecule has 3 rings (SSSR count). The fourth-order valence-electron chi connectivity index (χ4n) is 2.91. The molecular formula is C25H26ClNO2. The minimum atomic E-state index is -0.166. The van der Waals surface area contributed by atoms with Gasteiger partial charge in [0.15, 0.2) is 0 Å². The van der Waals surface area contributed by atoms with E-state index in [0.29, 0.717) is 22.9 Å². The number of carbonyl (C=O) groups excluding carboxylic acids is 1. The summed E-state index contributed by atoms with van der Waals surface area (Å²) in [5, 5.41) is 3.54. The van der Waals surface area contributed by atoms with Crippen molar-refractivity contribution in [3.05, 3.63) is 94.0 Å². The zero-order chi connectivity index (χ0) is 21.0. The summed E-state index contributed by atoms with van der Waals surface area (Å²) in [6, 6.07) is 21.1. The number of nitrogens with one attached hydrogen (secondary N) is 1. The molecule has 0 aromatic heterocycles. The Balaban J connectivity index is 1.60. The first-order valence-corrected chi connectivity index (χ1v) is 10.0. The van der Waals surface area contributed by atoms with Crippen LogP contribution in [0.5, 0.6) is 5.75 Å². The summed E-state index contributed by atoms with van der Waals surface area (Å²) in [5.41, 5.74) is 4.55. The standard InChI is InChI=1S/C25H26ClNO2/c1-17-22(26)6-5-7-23(17)27-24(28)19-10-8-18(9-11-19)16-29-21-14-12-20(13-15-21)25(2,3)4/h5-15H,16H2,1-4H3,(H,27,28). The van der Waals surface area contributed by atoms with E-state index in [1.54, 1.807) is 18.2 Å². The summed E-state index contributed by atoms with van der Waals surface area (Å²) in [6.45, 7) is 8.90. The third kappa shape index (κ3) is 5.39. The molecule has 1 amide bonds. The Hall–Kier alpha value is -2.78. The van der Waals surface area contributed by atoms with Gasteiger partial charge in [-0.3, -0.25) is 4.79 Å². The first kappa shape index (κ1) is 20.9. The average molecular weight is 408 g/mol. The van der Waals surface area contributed by atoms with E-state index in [4.69, 9.17) is 16.3 Å². The van der Waals surface area contributed by atoms with E-state index >= 15 is 0 Å². The number of rotatable bonds is 5. The van der Waals surface area contributed by atoms with E-state index in [2.05, 4.69) is 38.2 Å². The highest BCUT2D eigenvalue weighted by Gasteiger charge is 2.13. The van der Waals surface area contributed by atoms with E-state index in [1.165, 1.54) is 5.56 Å². The molecule has 3 nitrogen and oxygen atoms in total. The van der Waals surface area contributed by atoms with Crippen molar-refractivity contribution in [3.8, 4) is 5.75 Å². The largest absolute Gasteiger partial charge is 0.489 e. The Bertz CT molecular complexity index is 987. The van der Waals surface area contributed by atoms with Gasteiger partial charge in [0.1, 0.15) is 12.4 Å². The second-order valence-corrected chi connectivity index (χ2v) is 8.53. The summed E-state index contributed by atoms with van der Waals surface area (Å²) < 4.78 is 5.87. The summed E-state index contributed by atoms with van der Waals surface area (Å²) in [7, 11) is 0. The van der Waals surface area contributed by atoms with Crippen molar-refractivity contribution in [1.29, 1.82) is 0 Å². The van der Waals surface area contributed by atoms with Crippen molar-refractivity contribution in [2.75, 3.05) is 5.32 Å². The maximum absolute atomic E-state index is 12.5. The lowest BCUT2D eigenvalue weighted by Crippen LogP contribution is -2.13. The molecule has 0 aliphatic carbocycles. The van der Waals surface area contributed by atoms with Crippen molar-refractivity contribution < 1.29 is 9.53 Å². The van der Waals surface area contributed by atoms with Crippen molar-refractivity contribution in [3.63, 3.8) is 0 Å². The van der Waals surface area contributed by atoms with Gasteiger partial charge in [-0.15, -0.1) is 0 Å². The molecule has 0 radical (unpaired) electrons. The van der Waals surface area contributed by atoms with E-state index < -0.39 is 0 Å². The number of carbonyl (C=O) groups is 1. The number of benzene rings is 3. The van der Waals surface area contributed by atoms with Gasteiger partial charge < -0.3 is 10.1 Å². The van der Waals surface area contributed by atoms with Crippen LogP contribution in [0.2, 0.25) is 5.02 Å². The molecule has 0 atom stereocenters. The maximum atomic E-state index is 12.5. The summed E-state index contributed by atoms with van der Waals surface area (Å²) >= 11 is 6.11. The number of anilines is 1. The van der Waals surface area contributed by atoms with Crippen molar-refractivity contribution in [2.24, 2.45) is 0 Å². The van der Waals surface area contributed by atoms with Crippen molar-refractivity contribution >= 4 is 23.2 Å². The van der Waals surface area contributed by atoms with E-state index in [1.807, 2.05) is 43.3 Å². The zero-order valence-electron chi connectivity index (χ0n) is 17.3. The Kier molecular flexibility index (Phi) is 6.29. The molecule has 3 aromatic carbocycles. The van der Waals surface area contributed by atoms with E-state index in [9.17, 15) is 4.79 Å². The Labute approximate surface area is 177 Å². The first-order chi connectivity index (χ1) is 13.7. The molecule has 0 saturated heterocycles. The lowest BCUT2D eigenvalue weighted by molar-refractivity contribution is 0.102. The van der Waals surface area contributed by atoms with Crippen LogP contribution in [-0.2, 0) is 12.0 Å². The Morgan fingerprint density at radius 1 is 0.966 bits per heavy atom. The first-order valence-electron chi connectivity index (χ1n) is 9.63. The van der Waals surface area contributed by atoms with Crippen LogP contribution in [-0.4, -0.2) is 5.91 Å². The molecule has 0 saturated carbocycles. The molecule has 0 bridgehead atoms. The Morgan fingerprint density at radius 3 is 2.24 bits per heavy atom. The molecule has 4 heteroatoms. The minimum Gasteiger partial charge on any atom is -0.489 e. The Morgan fingerprint density at radius 2 is 1.62 bits per heavy atom. The summed E-state index contributed by atoms with van der Waals surface area (Å²) in [4.78, 5) is 12.5. The number of amides is 1. The van der Waals surface area contributed by atoms with Crippen LogP contribution >= 0.6 is 11.6 Å². The molecule has 1 N–H and O–H groups in total. The number of halogens is 1. The van der Waals surface area contributed by atoms with Gasteiger partial charge in [0.2, 0.25) is 0 Å². The van der Waals surface area contributed by atoms with Crippen molar-refractivity contribution in [2.45, 2.75) is 39.7 Å². The molecule has 0 fully saturated rings. The third-order valence-electron chi connectivity index (χ3n) is 4.86. The van der Waals surface area contributed by atoms with Crippen LogP contribution in [0.4, 0.5) is 5.69 Å². The number of ether oxygens (including phenoxy) is 1. The fraction of sp³-hybridized carbons (Fsp3) is 0.240. The second kappa shape index (κ2) is 8.71. The van der Waals surface area contributed by atoms with Gasteiger partial charge in [-0.1, -0.05) is 62.7 Å². The predicted molar refractivity (Wildman–Crippen MR) is 120 cm³/mol. The lowest BCUT2D eigenvalue weighted by Gasteiger charge is -2.19. The lowest BCUT2D eigenvalue weighted by atomic mass is 9.87. The van der Waals surface area contributed by atoms with Crippen molar-refractivity contribution in [1.82, 2.24) is 0 Å². The smallest absolute Gasteiger partial charge is 0.255 e. The molecular weight excluding hydrogens is 382 g/mol. The quantitative estimate of drug-likeness (QED) is 0.506. The molecule has 0 spiro atoms. The molecule has 0 heterocycles. The van der Waals surface area contributed by atoms with Crippen LogP contribution in [0.15, 0.2) is 66.7 Å². The summed E-state index contributed by atoms with van der Waals surface area (Å²) in [6.07, 6.45) is 0. The molecule has 3 aromatic rings. The highest BCUT2D eigenvalue weighted by Crippen LogP contribution is 2.25. The highest BCUT2D eigenvalue weighted by atomic mass is 35.5. The number of hydrogen-bond acceptors (Lipinski definition) is 2. The third-order valence-corrected chi connectivity index (χ3v) is 5.27. The molecule has 0 aliphatic heterocycles. The molecule has 150 valence electrons. The topological polar surface area (TPSA) is 38.3 Å². The fourth-order valence-corrected chi connectivity index (χ4v) is 3.08. The maximum Gasteiger partial charge on any atom is 0.255 e. The molecule has 29 heavy (non-hydrogen) atoms. The van der Waals surface area contributed by atoms with Crippen LogP contribution < -0.4 is 10.1 Å². The van der Waals surface area contributed by atoms with Gasteiger partial charge >= 0.3 is 0 Å². The molecule has 0 unspecified atom stereocenters. The van der Waals surface area contributed by atoms with Crippen LogP contribution in [0.1, 0.15) is 47.8 Å². The van der Waals surface area contributed by atoms with Gasteiger partial charge in [0, 0.05) is 16.3 Å². The normalized spacial score (nSPS) is 11.2. The predicted octanol–water partition coefficient (Wildman–Crippen LogP) is 6.78. The second-order valence-electron chi connectivity index (χ2n) is 8.13. The highest BCUT2D eigenvalue weighted by molar-refractivity contribution is 6.31. The van der Waals surface area contributed by atoms with Crippen LogP contribution in [0.25, 0.3) is 0 Å². The van der Waals surface area contributed by atoms with Gasteiger partial charge in [0.25, 0.3) is 5.91 Å². The monoisotopic (exact) mass is 407 g/mol. The zero-order valence-corrected chi connectivity index (χ0v) is 18.0. The van der Waals surface area contributed by atoms with Gasteiger partial charge in [-0.2, -0.15) is 0 Å². The van der Waals surface area contributed by atoms with Gasteiger partial charge in [0.05, 0.1) is 0 Å². The SMILES string of the molecule is Cc1c(Cl)cccc1NC(=O)c1ccc(COc2ccc(C(C)(C)C)cc2)cc1. The van der Waals surface area contributed by atoms with E-state index in [-0.39, 0.29) is 11.3 Å². The van der Waals surface area contributed by atoms with Gasteiger partial charge in [-0.25, -0.2) is 0 Å². The average Bonchev–Trinajstić information content (AvgIpc) is 2.70. The summed E-state index contributed by atoms with van der Waals surface area (Å²) in [5.74, 6) is 0.664. The molecule has 0 aliphatic rings. The number of hydrogen-bond donors (Lipinski definition) is 1. The van der Waals surface area contributed by atoms with Crippen LogP contribution in [0.3, 0.4) is 0 Å². The van der Waals surface area contributed by atoms with E-state index in [0.717, 1.165) is 16.9 Å². The van der Waals surface area contributed by atoms with Crippen LogP contribution in [0, 0.1) is 6.92 Å². The minimum absolute atomic E-state index is 0.124. The van der Waals surface area contributed by atoms with Gasteiger partial charge in [-0.05, 0) is 65.4 Å².